The average molecular weight is 342 g/mol. The fraction of sp³-hybridized carbons (Fsp3) is 0.222. The summed E-state index contributed by atoms with van der Waals surface area (Å²) in [5.41, 5.74) is 1.05. The summed E-state index contributed by atoms with van der Waals surface area (Å²) >= 11 is 0. The molecule has 2 amide bonds. The molecule has 0 aromatic heterocycles. The second kappa shape index (κ2) is 7.12. The Labute approximate surface area is 144 Å². The molecule has 1 atom stereocenters. The van der Waals surface area contributed by atoms with Crippen LogP contribution in [0.3, 0.4) is 0 Å². The minimum atomic E-state index is -0.540. The third kappa shape index (κ3) is 3.82. The van der Waals surface area contributed by atoms with Gasteiger partial charge in [0.05, 0.1) is 12.8 Å². The van der Waals surface area contributed by atoms with E-state index in [0.717, 1.165) is 0 Å². The zero-order chi connectivity index (χ0) is 17.8. The summed E-state index contributed by atoms with van der Waals surface area (Å²) in [4.78, 5) is 23.7. The summed E-state index contributed by atoms with van der Waals surface area (Å²) in [5.74, 6) is 1.05. The zero-order valence-corrected chi connectivity index (χ0v) is 13.9. The van der Waals surface area contributed by atoms with Gasteiger partial charge in [-0.25, -0.2) is 0 Å². The average Bonchev–Trinajstić information content (AvgIpc) is 2.61. The van der Waals surface area contributed by atoms with E-state index in [-0.39, 0.29) is 18.4 Å². The molecule has 2 aromatic carbocycles. The van der Waals surface area contributed by atoms with E-state index < -0.39 is 6.10 Å². The van der Waals surface area contributed by atoms with Gasteiger partial charge in [-0.3, -0.25) is 9.59 Å². The fourth-order valence-electron chi connectivity index (χ4n) is 2.36. The first-order valence-electron chi connectivity index (χ1n) is 7.74. The van der Waals surface area contributed by atoms with E-state index in [2.05, 4.69) is 10.6 Å². The van der Waals surface area contributed by atoms with E-state index in [1.54, 1.807) is 43.3 Å². The largest absolute Gasteiger partial charge is 0.493 e. The molecule has 130 valence electrons. The first kappa shape index (κ1) is 16.6. The van der Waals surface area contributed by atoms with Gasteiger partial charge in [0.25, 0.3) is 11.8 Å². The molecule has 0 spiro atoms. The van der Waals surface area contributed by atoms with Gasteiger partial charge in [0, 0.05) is 5.69 Å². The van der Waals surface area contributed by atoms with Crippen LogP contribution < -0.4 is 24.8 Å². The lowest BCUT2D eigenvalue weighted by Crippen LogP contribution is -2.34. The number of rotatable bonds is 5. The van der Waals surface area contributed by atoms with Crippen LogP contribution in [0.25, 0.3) is 0 Å². The maximum absolute atomic E-state index is 12.1. The number of methoxy groups -OCH3 is 1. The van der Waals surface area contributed by atoms with Gasteiger partial charge < -0.3 is 24.8 Å². The number of benzene rings is 2. The number of para-hydroxylation sites is 2. The van der Waals surface area contributed by atoms with Crippen LogP contribution >= 0.6 is 0 Å². The molecule has 1 aliphatic rings. The van der Waals surface area contributed by atoms with Crippen molar-refractivity contribution in [2.45, 2.75) is 13.0 Å². The molecule has 0 unspecified atom stereocenters. The number of nitrogens with one attached hydrogen (secondary N) is 2. The standard InChI is InChI=1S/C18H18N2O5/c1-11-18(22)20-13-9-12(7-8-14(13)25-11)19-17(21)10-24-16-6-4-3-5-15(16)23-2/h3-9,11H,10H2,1-2H3,(H,19,21)(H,20,22)/t11-/m0/s1. The predicted molar refractivity (Wildman–Crippen MR) is 92.3 cm³/mol. The molecule has 3 rings (SSSR count). The van der Waals surface area contributed by atoms with Gasteiger partial charge in [-0.1, -0.05) is 12.1 Å². The van der Waals surface area contributed by atoms with Crippen molar-refractivity contribution in [3.05, 3.63) is 42.5 Å². The van der Waals surface area contributed by atoms with Crippen molar-refractivity contribution in [2.75, 3.05) is 24.4 Å². The first-order valence-corrected chi connectivity index (χ1v) is 7.74. The van der Waals surface area contributed by atoms with Crippen LogP contribution in [0, 0.1) is 0 Å². The van der Waals surface area contributed by atoms with Crippen molar-refractivity contribution in [2.24, 2.45) is 0 Å². The lowest BCUT2D eigenvalue weighted by molar-refractivity contribution is -0.122. The van der Waals surface area contributed by atoms with Gasteiger partial charge in [-0.2, -0.15) is 0 Å². The van der Waals surface area contributed by atoms with Crippen molar-refractivity contribution in [1.29, 1.82) is 0 Å². The van der Waals surface area contributed by atoms with Crippen molar-refractivity contribution in [1.82, 2.24) is 0 Å². The maximum atomic E-state index is 12.1. The quantitative estimate of drug-likeness (QED) is 0.872. The van der Waals surface area contributed by atoms with E-state index in [1.807, 2.05) is 6.07 Å². The fourth-order valence-corrected chi connectivity index (χ4v) is 2.36. The van der Waals surface area contributed by atoms with Crippen molar-refractivity contribution < 1.29 is 23.8 Å². The first-order chi connectivity index (χ1) is 12.1. The summed E-state index contributed by atoms with van der Waals surface area (Å²) < 4.78 is 16.1. The van der Waals surface area contributed by atoms with Crippen LogP contribution in [0.4, 0.5) is 11.4 Å². The zero-order valence-electron chi connectivity index (χ0n) is 13.9. The van der Waals surface area contributed by atoms with Crippen molar-refractivity contribution >= 4 is 23.2 Å². The van der Waals surface area contributed by atoms with Crippen molar-refractivity contribution in [3.8, 4) is 17.2 Å². The third-order valence-electron chi connectivity index (χ3n) is 3.62. The van der Waals surface area contributed by atoms with E-state index in [0.29, 0.717) is 28.6 Å². The monoisotopic (exact) mass is 342 g/mol. The number of fused-ring (bicyclic) bond motifs is 1. The summed E-state index contributed by atoms with van der Waals surface area (Å²) in [6.07, 6.45) is -0.540. The van der Waals surface area contributed by atoms with E-state index in [4.69, 9.17) is 14.2 Å². The van der Waals surface area contributed by atoms with Gasteiger partial charge in [-0.05, 0) is 37.3 Å². The number of carbonyl (C=O) groups excluding carboxylic acids is 2. The number of hydrogen-bond donors (Lipinski definition) is 2. The smallest absolute Gasteiger partial charge is 0.265 e. The molecular weight excluding hydrogens is 324 g/mol. The van der Waals surface area contributed by atoms with Crippen LogP contribution in [0.15, 0.2) is 42.5 Å². The van der Waals surface area contributed by atoms with Crippen molar-refractivity contribution in [3.63, 3.8) is 0 Å². The highest BCUT2D eigenvalue weighted by Crippen LogP contribution is 2.32. The second-order valence-corrected chi connectivity index (χ2v) is 5.45. The molecule has 25 heavy (non-hydrogen) atoms. The Kier molecular flexibility index (Phi) is 4.74. The van der Waals surface area contributed by atoms with E-state index in [9.17, 15) is 9.59 Å². The molecule has 2 N–H and O–H groups in total. The highest BCUT2D eigenvalue weighted by molar-refractivity contribution is 5.99. The minimum Gasteiger partial charge on any atom is -0.493 e. The Morgan fingerprint density at radius 1 is 1.24 bits per heavy atom. The van der Waals surface area contributed by atoms with Gasteiger partial charge in [0.15, 0.2) is 24.2 Å². The van der Waals surface area contributed by atoms with E-state index >= 15 is 0 Å². The molecule has 7 nitrogen and oxygen atoms in total. The molecule has 2 aromatic rings. The SMILES string of the molecule is COc1ccccc1OCC(=O)Nc1ccc2c(c1)NC(=O)[C@H](C)O2. The highest BCUT2D eigenvalue weighted by atomic mass is 16.5. The highest BCUT2D eigenvalue weighted by Gasteiger charge is 2.23. The molecule has 1 aliphatic heterocycles. The Balaban J connectivity index is 1.62. The third-order valence-corrected chi connectivity index (χ3v) is 3.62. The van der Waals surface area contributed by atoms with Gasteiger partial charge in [0.2, 0.25) is 0 Å². The van der Waals surface area contributed by atoms with Crippen LogP contribution in [0.5, 0.6) is 17.2 Å². The molecule has 7 heteroatoms. The topological polar surface area (TPSA) is 85.9 Å². The number of hydrogen-bond acceptors (Lipinski definition) is 5. The molecule has 0 aliphatic carbocycles. The van der Waals surface area contributed by atoms with Gasteiger partial charge in [-0.15, -0.1) is 0 Å². The molecule has 0 fully saturated rings. The summed E-state index contributed by atoms with van der Waals surface area (Å²) in [7, 11) is 1.53. The Bertz CT molecular complexity index is 806. The van der Waals surface area contributed by atoms with Gasteiger partial charge in [0.1, 0.15) is 5.75 Å². The van der Waals surface area contributed by atoms with Crippen LogP contribution in [-0.4, -0.2) is 31.6 Å². The summed E-state index contributed by atoms with van der Waals surface area (Å²) in [6.45, 7) is 1.50. The Morgan fingerprint density at radius 3 is 2.76 bits per heavy atom. The molecule has 0 radical (unpaired) electrons. The van der Waals surface area contributed by atoms with Crippen LogP contribution in [0.1, 0.15) is 6.92 Å². The van der Waals surface area contributed by atoms with Crippen LogP contribution in [0.2, 0.25) is 0 Å². The number of carbonyl (C=O) groups is 2. The molecule has 0 saturated carbocycles. The number of ether oxygens (including phenoxy) is 3. The summed E-state index contributed by atoms with van der Waals surface area (Å²) in [5, 5.41) is 5.45. The lowest BCUT2D eigenvalue weighted by Gasteiger charge is -2.23. The normalized spacial score (nSPS) is 15.4. The Hall–Kier alpha value is -3.22. The van der Waals surface area contributed by atoms with Gasteiger partial charge >= 0.3 is 0 Å². The van der Waals surface area contributed by atoms with E-state index in [1.165, 1.54) is 7.11 Å². The summed E-state index contributed by atoms with van der Waals surface area (Å²) in [6, 6.07) is 12.1. The van der Waals surface area contributed by atoms with Crippen LogP contribution in [-0.2, 0) is 9.59 Å². The second-order valence-electron chi connectivity index (χ2n) is 5.45. The minimum absolute atomic E-state index is 0.169. The maximum Gasteiger partial charge on any atom is 0.265 e. The predicted octanol–water partition coefficient (Wildman–Crippen LogP) is 2.43. The number of amides is 2. The molecule has 0 saturated heterocycles. The molecular formula is C18H18N2O5. The Morgan fingerprint density at radius 2 is 2.00 bits per heavy atom. The molecule has 0 bridgehead atoms. The molecule has 1 heterocycles. The number of anilines is 2. The lowest BCUT2D eigenvalue weighted by atomic mass is 10.2.